The summed E-state index contributed by atoms with van der Waals surface area (Å²) < 4.78 is 18.7. The number of halogens is 1. The van der Waals surface area contributed by atoms with Gasteiger partial charge in [0.25, 0.3) is 0 Å². The van der Waals surface area contributed by atoms with Gasteiger partial charge in [-0.2, -0.15) is 4.98 Å². The van der Waals surface area contributed by atoms with Crippen LogP contribution in [0.2, 0.25) is 0 Å². The van der Waals surface area contributed by atoms with Crippen LogP contribution in [0.15, 0.2) is 47.0 Å². The second kappa shape index (κ2) is 7.70. The molecule has 0 aliphatic rings. The quantitative estimate of drug-likeness (QED) is 0.503. The van der Waals surface area contributed by atoms with Crippen molar-refractivity contribution in [1.29, 1.82) is 0 Å². The third kappa shape index (κ3) is 4.37. The molecule has 0 unspecified atom stereocenters. The topological polar surface area (TPSA) is 96.7 Å². The number of aromatic nitrogens is 4. The summed E-state index contributed by atoms with van der Waals surface area (Å²) in [6, 6.07) is 11.6. The molecule has 2 aromatic carbocycles. The first-order valence-corrected chi connectivity index (χ1v) is 9.66. The van der Waals surface area contributed by atoms with Gasteiger partial charge in [0.1, 0.15) is 11.6 Å². The van der Waals surface area contributed by atoms with E-state index >= 15 is 0 Å². The van der Waals surface area contributed by atoms with E-state index in [2.05, 4.69) is 25.4 Å². The molecular formula is C22H22FN5O2. The molecule has 0 atom stereocenters. The SMILES string of the molecule is CC(C)(C)c1noc(CCC(=O)Nc2ccc3nc(-c4cccc(F)c4)[nH]c3c2)n1. The van der Waals surface area contributed by atoms with Crippen LogP contribution >= 0.6 is 0 Å². The molecule has 0 saturated heterocycles. The fraction of sp³-hybridized carbons (Fsp3) is 0.273. The van der Waals surface area contributed by atoms with E-state index in [1.165, 1.54) is 12.1 Å². The highest BCUT2D eigenvalue weighted by Crippen LogP contribution is 2.24. The fourth-order valence-electron chi connectivity index (χ4n) is 2.96. The summed E-state index contributed by atoms with van der Waals surface area (Å²) in [5.74, 6) is 1.15. The lowest BCUT2D eigenvalue weighted by Gasteiger charge is -2.10. The number of aryl methyl sites for hydroxylation is 1. The molecule has 0 bridgehead atoms. The maximum atomic E-state index is 13.5. The van der Waals surface area contributed by atoms with Crippen LogP contribution in [0, 0.1) is 5.82 Å². The van der Waals surface area contributed by atoms with Gasteiger partial charge in [0.2, 0.25) is 11.8 Å². The number of imidazole rings is 1. The fourth-order valence-corrected chi connectivity index (χ4v) is 2.96. The van der Waals surface area contributed by atoms with Crippen LogP contribution in [0.5, 0.6) is 0 Å². The van der Waals surface area contributed by atoms with Gasteiger partial charge in [-0.3, -0.25) is 4.79 Å². The molecule has 2 heterocycles. The van der Waals surface area contributed by atoms with E-state index in [0.29, 0.717) is 35.2 Å². The lowest BCUT2D eigenvalue weighted by molar-refractivity contribution is -0.116. The number of benzene rings is 2. The molecule has 7 nitrogen and oxygen atoms in total. The van der Waals surface area contributed by atoms with Gasteiger partial charge in [-0.15, -0.1) is 0 Å². The number of H-pyrrole nitrogens is 1. The second-order valence-electron chi connectivity index (χ2n) is 8.14. The standard InChI is InChI=1S/C22H22FN5O2/c1-22(2,3)21-27-19(30-28-21)10-9-18(29)24-15-7-8-16-17(12-15)26-20(25-16)13-5-4-6-14(23)11-13/h4-8,11-12H,9-10H2,1-3H3,(H,24,29)(H,25,26). The average molecular weight is 407 g/mol. The van der Waals surface area contributed by atoms with Crippen molar-refractivity contribution in [1.82, 2.24) is 20.1 Å². The minimum atomic E-state index is -0.322. The van der Waals surface area contributed by atoms with E-state index in [-0.39, 0.29) is 23.6 Å². The lowest BCUT2D eigenvalue weighted by atomic mass is 9.96. The van der Waals surface area contributed by atoms with Crippen LogP contribution in [-0.2, 0) is 16.6 Å². The molecule has 0 spiro atoms. The van der Waals surface area contributed by atoms with E-state index in [0.717, 1.165) is 11.0 Å². The Hall–Kier alpha value is -3.55. The number of anilines is 1. The highest BCUT2D eigenvalue weighted by Gasteiger charge is 2.21. The minimum Gasteiger partial charge on any atom is -0.339 e. The predicted molar refractivity (Wildman–Crippen MR) is 111 cm³/mol. The summed E-state index contributed by atoms with van der Waals surface area (Å²) in [5, 5.41) is 6.83. The summed E-state index contributed by atoms with van der Waals surface area (Å²) in [4.78, 5) is 24.3. The summed E-state index contributed by atoms with van der Waals surface area (Å²) in [7, 11) is 0. The summed E-state index contributed by atoms with van der Waals surface area (Å²) in [5.41, 5.74) is 2.58. The average Bonchev–Trinajstić information content (AvgIpc) is 3.33. The molecule has 1 amide bonds. The maximum Gasteiger partial charge on any atom is 0.227 e. The Labute approximate surface area is 172 Å². The van der Waals surface area contributed by atoms with Crippen molar-refractivity contribution in [3.05, 3.63) is 60.0 Å². The number of fused-ring (bicyclic) bond motifs is 1. The van der Waals surface area contributed by atoms with Crippen molar-refractivity contribution in [2.24, 2.45) is 0 Å². The Balaban J connectivity index is 1.42. The third-order valence-corrected chi connectivity index (χ3v) is 4.57. The zero-order chi connectivity index (χ0) is 21.3. The number of nitrogens with zero attached hydrogens (tertiary/aromatic N) is 3. The largest absolute Gasteiger partial charge is 0.339 e. The van der Waals surface area contributed by atoms with E-state index in [1.54, 1.807) is 30.3 Å². The van der Waals surface area contributed by atoms with Crippen LogP contribution in [0.25, 0.3) is 22.4 Å². The summed E-state index contributed by atoms with van der Waals surface area (Å²) in [6.07, 6.45) is 0.590. The van der Waals surface area contributed by atoms with Gasteiger partial charge in [0, 0.05) is 29.5 Å². The van der Waals surface area contributed by atoms with E-state index < -0.39 is 0 Å². The monoisotopic (exact) mass is 407 g/mol. The highest BCUT2D eigenvalue weighted by atomic mass is 19.1. The smallest absolute Gasteiger partial charge is 0.227 e. The Morgan fingerprint density at radius 1 is 1.17 bits per heavy atom. The lowest BCUT2D eigenvalue weighted by Crippen LogP contribution is -2.14. The van der Waals surface area contributed by atoms with Gasteiger partial charge in [-0.25, -0.2) is 9.37 Å². The normalized spacial score (nSPS) is 11.7. The number of nitrogens with one attached hydrogen (secondary N) is 2. The Bertz CT molecular complexity index is 1210. The number of hydrogen-bond acceptors (Lipinski definition) is 5. The number of carbonyl (C=O) groups is 1. The van der Waals surface area contributed by atoms with Crippen LogP contribution in [0.1, 0.15) is 38.9 Å². The maximum absolute atomic E-state index is 13.5. The number of aromatic amines is 1. The zero-order valence-corrected chi connectivity index (χ0v) is 17.0. The van der Waals surface area contributed by atoms with Crippen molar-refractivity contribution in [2.45, 2.75) is 39.0 Å². The molecule has 0 aliphatic carbocycles. The first kappa shape index (κ1) is 19.8. The van der Waals surface area contributed by atoms with Crippen molar-refractivity contribution >= 4 is 22.6 Å². The van der Waals surface area contributed by atoms with Crippen LogP contribution < -0.4 is 5.32 Å². The van der Waals surface area contributed by atoms with E-state index in [4.69, 9.17) is 4.52 Å². The number of amides is 1. The molecule has 4 rings (SSSR count). The highest BCUT2D eigenvalue weighted by molar-refractivity contribution is 5.93. The third-order valence-electron chi connectivity index (χ3n) is 4.57. The molecule has 0 aliphatic heterocycles. The molecule has 0 radical (unpaired) electrons. The molecular weight excluding hydrogens is 385 g/mol. The predicted octanol–water partition coefficient (Wildman–Crippen LogP) is 4.62. The Kier molecular flexibility index (Phi) is 5.07. The summed E-state index contributed by atoms with van der Waals surface area (Å²) in [6.45, 7) is 6.00. The molecule has 4 aromatic rings. The molecule has 30 heavy (non-hydrogen) atoms. The van der Waals surface area contributed by atoms with Gasteiger partial charge in [0.15, 0.2) is 5.82 Å². The van der Waals surface area contributed by atoms with Crippen molar-refractivity contribution in [3.8, 4) is 11.4 Å². The molecule has 8 heteroatoms. The number of carbonyl (C=O) groups excluding carboxylic acids is 1. The molecule has 0 fully saturated rings. The van der Waals surface area contributed by atoms with Crippen LogP contribution in [0.4, 0.5) is 10.1 Å². The first-order valence-electron chi connectivity index (χ1n) is 9.66. The van der Waals surface area contributed by atoms with Gasteiger partial charge < -0.3 is 14.8 Å². The van der Waals surface area contributed by atoms with Crippen molar-refractivity contribution in [3.63, 3.8) is 0 Å². The van der Waals surface area contributed by atoms with E-state index in [9.17, 15) is 9.18 Å². The zero-order valence-electron chi connectivity index (χ0n) is 17.0. The van der Waals surface area contributed by atoms with Crippen LogP contribution in [-0.4, -0.2) is 26.0 Å². The minimum absolute atomic E-state index is 0.158. The van der Waals surface area contributed by atoms with E-state index in [1.807, 2.05) is 20.8 Å². The Morgan fingerprint density at radius 2 is 2.00 bits per heavy atom. The molecule has 154 valence electrons. The number of hydrogen-bond donors (Lipinski definition) is 2. The van der Waals surface area contributed by atoms with Gasteiger partial charge in [-0.1, -0.05) is 38.1 Å². The van der Waals surface area contributed by atoms with Gasteiger partial charge in [0.05, 0.1) is 11.0 Å². The van der Waals surface area contributed by atoms with Crippen LogP contribution in [0.3, 0.4) is 0 Å². The molecule has 2 aromatic heterocycles. The molecule has 2 N–H and O–H groups in total. The molecule has 0 saturated carbocycles. The Morgan fingerprint density at radius 3 is 2.73 bits per heavy atom. The van der Waals surface area contributed by atoms with Gasteiger partial charge >= 0.3 is 0 Å². The van der Waals surface area contributed by atoms with Crippen molar-refractivity contribution < 1.29 is 13.7 Å². The first-order chi connectivity index (χ1) is 14.3. The second-order valence-corrected chi connectivity index (χ2v) is 8.14. The number of rotatable bonds is 5. The van der Waals surface area contributed by atoms with Gasteiger partial charge in [-0.05, 0) is 30.3 Å². The van der Waals surface area contributed by atoms with Crippen molar-refractivity contribution in [2.75, 3.05) is 5.32 Å². The summed E-state index contributed by atoms with van der Waals surface area (Å²) >= 11 is 0.